The van der Waals surface area contributed by atoms with E-state index in [0.717, 1.165) is 6.42 Å². The molecule has 0 saturated heterocycles. The highest BCUT2D eigenvalue weighted by molar-refractivity contribution is 5.90. The molecular weight excluding hydrogens is 279 g/mol. The number of halogens is 1. The Hall–Kier alpha value is -2.23. The normalized spacial score (nSPS) is 12.2. The van der Waals surface area contributed by atoms with Crippen molar-refractivity contribution in [2.24, 2.45) is 0 Å². The number of rotatable bonds is 6. The summed E-state index contributed by atoms with van der Waals surface area (Å²) in [6.07, 6.45) is 5.48. The van der Waals surface area contributed by atoms with Gasteiger partial charge in [-0.15, -0.1) is 0 Å². The molecule has 1 aromatic rings. The fourth-order valence-electron chi connectivity index (χ4n) is 2.21. The number of amides is 1. The van der Waals surface area contributed by atoms with Crippen LogP contribution < -0.4 is 4.90 Å². The second-order valence-electron chi connectivity index (χ2n) is 4.94. The minimum absolute atomic E-state index is 0.0528. The van der Waals surface area contributed by atoms with Gasteiger partial charge in [0, 0.05) is 30.3 Å². The van der Waals surface area contributed by atoms with E-state index in [1.165, 1.54) is 13.0 Å². The second-order valence-corrected chi connectivity index (χ2v) is 4.94. The smallest absolute Gasteiger partial charge is 0.225 e. The topological polar surface area (TPSA) is 33.2 Å². The molecule has 0 N–H and O–H groups in total. The molecule has 4 heteroatoms. The van der Waals surface area contributed by atoms with Gasteiger partial charge in [-0.05, 0) is 38.5 Å². The zero-order valence-electron chi connectivity index (χ0n) is 13.7. The number of hydrogen-bond acceptors (Lipinski definition) is 2. The van der Waals surface area contributed by atoms with Crippen molar-refractivity contribution in [3.63, 3.8) is 0 Å². The molecular formula is C18H23FN2O. The molecule has 1 rings (SSSR count). The van der Waals surface area contributed by atoms with Crippen LogP contribution >= 0.6 is 0 Å². The Morgan fingerprint density at radius 3 is 2.59 bits per heavy atom. The number of allylic oxidation sites excluding steroid dienone is 5. The van der Waals surface area contributed by atoms with Gasteiger partial charge >= 0.3 is 0 Å². The van der Waals surface area contributed by atoms with Crippen LogP contribution in [0.4, 0.5) is 10.2 Å². The van der Waals surface area contributed by atoms with Gasteiger partial charge in [-0.1, -0.05) is 25.7 Å². The van der Waals surface area contributed by atoms with Crippen molar-refractivity contribution in [1.29, 1.82) is 0 Å². The van der Waals surface area contributed by atoms with Gasteiger partial charge in [0.05, 0.1) is 0 Å². The summed E-state index contributed by atoms with van der Waals surface area (Å²) in [5, 5.41) is 0. The van der Waals surface area contributed by atoms with Crippen molar-refractivity contribution in [2.45, 2.75) is 34.1 Å². The van der Waals surface area contributed by atoms with Crippen molar-refractivity contribution in [2.75, 3.05) is 11.4 Å². The lowest BCUT2D eigenvalue weighted by molar-refractivity contribution is -0.116. The summed E-state index contributed by atoms with van der Waals surface area (Å²) in [7, 11) is 0. The first-order valence-electron chi connectivity index (χ1n) is 7.37. The Balaban J connectivity index is 3.34. The predicted octanol–water partition coefficient (Wildman–Crippen LogP) is 4.60. The number of carbonyl (C=O) groups excluding carboxylic acids is 1. The SMILES string of the molecule is C=C/C(F)=C(\C=C/C)c1ccc(N(CCC)C(C)=O)nc1C. The van der Waals surface area contributed by atoms with Gasteiger partial charge in [0.15, 0.2) is 0 Å². The Kier molecular flexibility index (Phi) is 6.70. The van der Waals surface area contributed by atoms with E-state index in [4.69, 9.17) is 0 Å². The third-order valence-electron chi connectivity index (χ3n) is 3.24. The molecule has 0 radical (unpaired) electrons. The highest BCUT2D eigenvalue weighted by Gasteiger charge is 2.15. The molecule has 0 aliphatic rings. The molecule has 0 aromatic carbocycles. The first-order valence-corrected chi connectivity index (χ1v) is 7.37. The third kappa shape index (κ3) is 4.13. The zero-order valence-corrected chi connectivity index (χ0v) is 13.7. The lowest BCUT2D eigenvalue weighted by Gasteiger charge is -2.20. The van der Waals surface area contributed by atoms with Crippen LogP contribution in [0.3, 0.4) is 0 Å². The number of hydrogen-bond donors (Lipinski definition) is 0. The molecule has 0 atom stereocenters. The van der Waals surface area contributed by atoms with Crippen LogP contribution in [-0.4, -0.2) is 17.4 Å². The van der Waals surface area contributed by atoms with Crippen molar-refractivity contribution < 1.29 is 9.18 Å². The minimum atomic E-state index is -0.396. The number of pyridine rings is 1. The van der Waals surface area contributed by atoms with Crippen LogP contribution in [-0.2, 0) is 4.79 Å². The molecule has 0 fully saturated rings. The van der Waals surface area contributed by atoms with Crippen LogP contribution in [0.5, 0.6) is 0 Å². The molecule has 22 heavy (non-hydrogen) atoms. The molecule has 0 aliphatic carbocycles. The molecule has 0 aliphatic heterocycles. The van der Waals surface area contributed by atoms with Gasteiger partial charge in [-0.3, -0.25) is 9.69 Å². The van der Waals surface area contributed by atoms with E-state index in [1.807, 2.05) is 20.8 Å². The molecule has 0 saturated carbocycles. The fourth-order valence-corrected chi connectivity index (χ4v) is 2.21. The Morgan fingerprint density at radius 2 is 2.14 bits per heavy atom. The molecule has 1 heterocycles. The lowest BCUT2D eigenvalue weighted by Crippen LogP contribution is -2.30. The first kappa shape index (κ1) is 17.8. The van der Waals surface area contributed by atoms with E-state index in [9.17, 15) is 9.18 Å². The summed E-state index contributed by atoms with van der Waals surface area (Å²) in [5.74, 6) is 0.144. The van der Waals surface area contributed by atoms with Gasteiger partial charge in [0.1, 0.15) is 11.6 Å². The average molecular weight is 302 g/mol. The Labute approximate surface area is 131 Å². The second kappa shape index (κ2) is 8.27. The average Bonchev–Trinajstić information content (AvgIpc) is 2.49. The maximum Gasteiger partial charge on any atom is 0.225 e. The highest BCUT2D eigenvalue weighted by atomic mass is 19.1. The van der Waals surface area contributed by atoms with Crippen LogP contribution in [0.1, 0.15) is 38.4 Å². The number of aryl methyl sites for hydroxylation is 1. The van der Waals surface area contributed by atoms with E-state index in [0.29, 0.717) is 29.2 Å². The van der Waals surface area contributed by atoms with Gasteiger partial charge < -0.3 is 0 Å². The summed E-state index contributed by atoms with van der Waals surface area (Å²) < 4.78 is 14.0. The highest BCUT2D eigenvalue weighted by Crippen LogP contribution is 2.26. The molecule has 0 spiro atoms. The minimum Gasteiger partial charge on any atom is -0.297 e. The maximum absolute atomic E-state index is 14.0. The molecule has 1 amide bonds. The predicted molar refractivity (Wildman–Crippen MR) is 90.3 cm³/mol. The van der Waals surface area contributed by atoms with Crippen molar-refractivity contribution in [3.8, 4) is 0 Å². The Morgan fingerprint density at radius 1 is 1.45 bits per heavy atom. The molecule has 1 aromatic heterocycles. The van der Waals surface area contributed by atoms with Crippen LogP contribution in [0.2, 0.25) is 0 Å². The molecule has 3 nitrogen and oxygen atoms in total. The maximum atomic E-state index is 14.0. The van der Waals surface area contributed by atoms with Crippen LogP contribution in [0.25, 0.3) is 5.57 Å². The quantitative estimate of drug-likeness (QED) is 0.720. The fraction of sp³-hybridized carbons (Fsp3) is 0.333. The summed E-state index contributed by atoms with van der Waals surface area (Å²) in [6, 6.07) is 3.54. The standard InChI is InChI=1S/C18H23FN2O/c1-6-9-16(17(19)8-3)15-10-11-18(20-13(15)4)21(12-7-2)14(5)22/h6,8-11H,3,7,12H2,1-2,4-5H3/b9-6-,17-16-. The van der Waals surface area contributed by atoms with E-state index in [-0.39, 0.29) is 5.91 Å². The zero-order chi connectivity index (χ0) is 16.7. The van der Waals surface area contributed by atoms with Gasteiger partial charge in [0.2, 0.25) is 5.91 Å². The number of anilines is 1. The third-order valence-corrected chi connectivity index (χ3v) is 3.24. The summed E-state index contributed by atoms with van der Waals surface area (Å²) in [6.45, 7) is 11.2. The first-order chi connectivity index (χ1) is 10.5. The van der Waals surface area contributed by atoms with E-state index in [1.54, 1.807) is 29.2 Å². The number of nitrogens with zero attached hydrogens (tertiary/aromatic N) is 2. The lowest BCUT2D eigenvalue weighted by atomic mass is 10.0. The van der Waals surface area contributed by atoms with Crippen LogP contribution in [0.15, 0.2) is 42.8 Å². The summed E-state index contributed by atoms with van der Waals surface area (Å²) in [4.78, 5) is 17.8. The van der Waals surface area contributed by atoms with Crippen molar-refractivity contribution in [3.05, 3.63) is 54.0 Å². The van der Waals surface area contributed by atoms with Gasteiger partial charge in [-0.2, -0.15) is 0 Å². The van der Waals surface area contributed by atoms with Gasteiger partial charge in [0.25, 0.3) is 0 Å². The van der Waals surface area contributed by atoms with E-state index >= 15 is 0 Å². The van der Waals surface area contributed by atoms with Gasteiger partial charge in [-0.25, -0.2) is 9.37 Å². The number of carbonyl (C=O) groups is 1. The molecule has 0 bridgehead atoms. The van der Waals surface area contributed by atoms with Crippen molar-refractivity contribution >= 4 is 17.3 Å². The molecule has 0 unspecified atom stereocenters. The van der Waals surface area contributed by atoms with Crippen LogP contribution in [0, 0.1) is 6.92 Å². The summed E-state index contributed by atoms with van der Waals surface area (Å²) in [5.41, 5.74) is 1.81. The Bertz CT molecular complexity index is 618. The van der Waals surface area contributed by atoms with E-state index in [2.05, 4.69) is 11.6 Å². The largest absolute Gasteiger partial charge is 0.297 e. The van der Waals surface area contributed by atoms with Crippen molar-refractivity contribution in [1.82, 2.24) is 4.98 Å². The van der Waals surface area contributed by atoms with E-state index < -0.39 is 5.83 Å². The monoisotopic (exact) mass is 302 g/mol. The molecule has 118 valence electrons. The number of aromatic nitrogens is 1. The summed E-state index contributed by atoms with van der Waals surface area (Å²) >= 11 is 0.